The van der Waals surface area contributed by atoms with E-state index in [9.17, 15) is 18.0 Å². The molecule has 1 aromatic heterocycles. The number of rotatable bonds is 2. The largest absolute Gasteiger partial charge is 0.390 e. The third-order valence-electron chi connectivity index (χ3n) is 2.48. The van der Waals surface area contributed by atoms with Crippen molar-refractivity contribution < 1.29 is 13.2 Å². The fourth-order valence-electron chi connectivity index (χ4n) is 1.60. The number of hydrogen-bond acceptors (Lipinski definition) is 2. The first-order valence-corrected chi connectivity index (χ1v) is 5.94. The molecule has 102 valence electrons. The zero-order valence-electron chi connectivity index (χ0n) is 9.34. The van der Waals surface area contributed by atoms with Gasteiger partial charge in [-0.3, -0.25) is 9.36 Å². The lowest BCUT2D eigenvalue weighted by atomic mass is 10.2. The normalized spacial score (nSPS) is 12.1. The summed E-state index contributed by atoms with van der Waals surface area (Å²) in [6.07, 6.45) is -4.38. The van der Waals surface area contributed by atoms with Gasteiger partial charge in [-0.05, 0) is 12.1 Å². The zero-order valence-corrected chi connectivity index (χ0v) is 10.9. The Morgan fingerprint density at radius 3 is 2.58 bits per heavy atom. The van der Waals surface area contributed by atoms with Crippen LogP contribution in [0.1, 0.15) is 6.42 Å². The van der Waals surface area contributed by atoms with Gasteiger partial charge in [-0.2, -0.15) is 13.2 Å². The van der Waals surface area contributed by atoms with Gasteiger partial charge in [-0.25, -0.2) is 4.98 Å². The molecule has 0 radical (unpaired) electrons. The van der Waals surface area contributed by atoms with E-state index in [1.807, 2.05) is 0 Å². The lowest BCUT2D eigenvalue weighted by Gasteiger charge is -2.09. The second-order valence-electron chi connectivity index (χ2n) is 3.89. The second kappa shape index (κ2) is 5.02. The quantitative estimate of drug-likeness (QED) is 0.848. The van der Waals surface area contributed by atoms with Crippen LogP contribution in [0, 0.1) is 0 Å². The van der Waals surface area contributed by atoms with Crippen LogP contribution in [0.2, 0.25) is 10.0 Å². The summed E-state index contributed by atoms with van der Waals surface area (Å²) in [4.78, 5) is 15.9. The fourth-order valence-corrected chi connectivity index (χ4v) is 2.14. The maximum Gasteiger partial charge on any atom is 0.390 e. The molecular formula is C11H7Cl2F3N2O. The van der Waals surface area contributed by atoms with Crippen molar-refractivity contribution in [1.82, 2.24) is 9.55 Å². The van der Waals surface area contributed by atoms with Gasteiger partial charge in [0.2, 0.25) is 0 Å². The minimum atomic E-state index is -4.33. The Balaban J connectivity index is 2.49. The van der Waals surface area contributed by atoms with Crippen molar-refractivity contribution in [3.63, 3.8) is 0 Å². The van der Waals surface area contributed by atoms with Crippen molar-refractivity contribution in [2.24, 2.45) is 0 Å². The van der Waals surface area contributed by atoms with Crippen molar-refractivity contribution in [3.05, 3.63) is 38.9 Å². The lowest BCUT2D eigenvalue weighted by Crippen LogP contribution is -2.23. The predicted molar refractivity (Wildman–Crippen MR) is 66.7 cm³/mol. The van der Waals surface area contributed by atoms with Crippen LogP contribution in [-0.4, -0.2) is 15.7 Å². The van der Waals surface area contributed by atoms with Gasteiger partial charge < -0.3 is 0 Å². The molecule has 0 amide bonds. The molecule has 0 aliphatic rings. The first-order valence-electron chi connectivity index (χ1n) is 5.19. The third kappa shape index (κ3) is 3.19. The van der Waals surface area contributed by atoms with Gasteiger partial charge in [0.05, 0.1) is 28.7 Å². The van der Waals surface area contributed by atoms with E-state index < -0.39 is 24.7 Å². The van der Waals surface area contributed by atoms with Gasteiger partial charge in [0.15, 0.2) is 0 Å². The van der Waals surface area contributed by atoms with E-state index in [4.69, 9.17) is 23.2 Å². The van der Waals surface area contributed by atoms with Gasteiger partial charge in [0.25, 0.3) is 5.56 Å². The van der Waals surface area contributed by atoms with Crippen LogP contribution >= 0.6 is 23.2 Å². The van der Waals surface area contributed by atoms with E-state index in [0.29, 0.717) is 0 Å². The monoisotopic (exact) mass is 310 g/mol. The molecular weight excluding hydrogens is 304 g/mol. The number of aromatic nitrogens is 2. The highest BCUT2D eigenvalue weighted by Crippen LogP contribution is 2.24. The van der Waals surface area contributed by atoms with Crippen LogP contribution in [0.15, 0.2) is 23.3 Å². The molecule has 0 atom stereocenters. The molecule has 0 unspecified atom stereocenters. The summed E-state index contributed by atoms with van der Waals surface area (Å²) < 4.78 is 37.3. The standard InChI is InChI=1S/C11H7Cl2F3N2O/c12-6-3-7-9(8(13)4-6)17-5-18(10(7)19)2-1-11(14,15)16/h3-5H,1-2H2. The van der Waals surface area contributed by atoms with Crippen LogP contribution in [0.25, 0.3) is 10.9 Å². The minimum absolute atomic E-state index is 0.0992. The SMILES string of the molecule is O=c1c2cc(Cl)cc(Cl)c2ncn1CCC(F)(F)F. The Hall–Kier alpha value is -1.27. The number of hydrogen-bond donors (Lipinski definition) is 0. The molecule has 2 aromatic rings. The molecule has 0 saturated heterocycles. The lowest BCUT2D eigenvalue weighted by molar-refractivity contribution is -0.136. The van der Waals surface area contributed by atoms with Crippen LogP contribution in [-0.2, 0) is 6.54 Å². The highest BCUT2D eigenvalue weighted by Gasteiger charge is 2.27. The highest BCUT2D eigenvalue weighted by atomic mass is 35.5. The Morgan fingerprint density at radius 1 is 1.26 bits per heavy atom. The first kappa shape index (κ1) is 14.1. The van der Waals surface area contributed by atoms with E-state index in [0.717, 1.165) is 10.9 Å². The van der Waals surface area contributed by atoms with Crippen molar-refractivity contribution in [2.75, 3.05) is 0 Å². The molecule has 8 heteroatoms. The van der Waals surface area contributed by atoms with Crippen LogP contribution in [0.4, 0.5) is 13.2 Å². The summed E-state index contributed by atoms with van der Waals surface area (Å²) in [6.45, 7) is -0.491. The maximum absolute atomic E-state index is 12.1. The Labute approximate surface area is 115 Å². The van der Waals surface area contributed by atoms with Crippen molar-refractivity contribution in [1.29, 1.82) is 0 Å². The van der Waals surface area contributed by atoms with Crippen molar-refractivity contribution >= 4 is 34.1 Å². The van der Waals surface area contributed by atoms with Crippen molar-refractivity contribution in [3.8, 4) is 0 Å². The summed E-state index contributed by atoms with van der Waals surface area (Å²) in [5.41, 5.74) is -0.377. The number of halogens is 5. The molecule has 0 spiro atoms. The maximum atomic E-state index is 12.1. The molecule has 0 aliphatic heterocycles. The molecule has 0 aliphatic carbocycles. The van der Waals surface area contributed by atoms with Gasteiger partial charge in [-0.15, -0.1) is 0 Å². The van der Waals surface area contributed by atoms with E-state index in [1.165, 1.54) is 12.1 Å². The third-order valence-corrected chi connectivity index (χ3v) is 2.99. The van der Waals surface area contributed by atoms with E-state index in [-0.39, 0.29) is 20.9 Å². The minimum Gasteiger partial charge on any atom is -0.298 e. The van der Waals surface area contributed by atoms with Crippen LogP contribution < -0.4 is 5.56 Å². The number of benzene rings is 1. The Morgan fingerprint density at radius 2 is 1.95 bits per heavy atom. The average molecular weight is 311 g/mol. The number of fused-ring (bicyclic) bond motifs is 1. The molecule has 0 fully saturated rings. The predicted octanol–water partition coefficient (Wildman–Crippen LogP) is 3.66. The summed E-state index contributed by atoms with van der Waals surface area (Å²) in [5, 5.41) is 0.509. The van der Waals surface area contributed by atoms with Crippen LogP contribution in [0.5, 0.6) is 0 Å². The fraction of sp³-hybridized carbons (Fsp3) is 0.273. The smallest absolute Gasteiger partial charge is 0.298 e. The summed E-state index contributed by atoms with van der Waals surface area (Å²) in [5.74, 6) is 0. The van der Waals surface area contributed by atoms with Gasteiger partial charge >= 0.3 is 6.18 Å². The average Bonchev–Trinajstić information content (AvgIpc) is 2.28. The molecule has 0 bridgehead atoms. The van der Waals surface area contributed by atoms with Gasteiger partial charge in [0.1, 0.15) is 0 Å². The topological polar surface area (TPSA) is 34.9 Å². The Kier molecular flexibility index (Phi) is 3.73. The molecule has 19 heavy (non-hydrogen) atoms. The van der Waals surface area contributed by atoms with Crippen LogP contribution in [0.3, 0.4) is 0 Å². The zero-order chi connectivity index (χ0) is 14.2. The second-order valence-corrected chi connectivity index (χ2v) is 4.74. The number of aryl methyl sites for hydroxylation is 1. The van der Waals surface area contributed by atoms with E-state index in [1.54, 1.807) is 0 Å². The van der Waals surface area contributed by atoms with E-state index in [2.05, 4.69) is 4.98 Å². The molecule has 0 saturated carbocycles. The number of nitrogens with zero attached hydrogens (tertiary/aromatic N) is 2. The molecule has 3 nitrogen and oxygen atoms in total. The summed E-state index contributed by atoms with van der Waals surface area (Å²) in [7, 11) is 0. The van der Waals surface area contributed by atoms with Gasteiger partial charge in [-0.1, -0.05) is 23.2 Å². The molecule has 1 aromatic carbocycles. The Bertz CT molecular complexity index is 682. The first-order chi connectivity index (χ1) is 8.78. The number of alkyl halides is 3. The highest BCUT2D eigenvalue weighted by molar-refractivity contribution is 6.38. The van der Waals surface area contributed by atoms with Crippen molar-refractivity contribution in [2.45, 2.75) is 19.1 Å². The van der Waals surface area contributed by atoms with E-state index >= 15 is 0 Å². The molecule has 1 heterocycles. The summed E-state index contributed by atoms with van der Waals surface area (Å²) >= 11 is 11.6. The van der Waals surface area contributed by atoms with Gasteiger partial charge in [0, 0.05) is 11.6 Å². The molecule has 2 rings (SSSR count). The molecule has 0 N–H and O–H groups in total. The summed E-state index contributed by atoms with van der Waals surface area (Å²) in [6, 6.07) is 2.75.